The molecule has 6 rings (SSSR count). The van der Waals surface area contributed by atoms with Crippen LogP contribution in [-0.2, 0) is 17.8 Å². The number of carbonyl (C=O) groups excluding carboxylic acids is 1. The molecule has 252 valence electrons. The molecule has 2 aliphatic heterocycles. The van der Waals surface area contributed by atoms with Crippen molar-refractivity contribution in [1.82, 2.24) is 15.5 Å². The van der Waals surface area contributed by atoms with Crippen LogP contribution in [0.15, 0.2) is 48.5 Å². The van der Waals surface area contributed by atoms with Crippen LogP contribution < -0.4 is 24.8 Å². The molecular formula is C39H50ClN3O4. The van der Waals surface area contributed by atoms with Gasteiger partial charge in [0.2, 0.25) is 5.91 Å². The molecule has 0 bridgehead atoms. The normalized spacial score (nSPS) is 22.4. The van der Waals surface area contributed by atoms with Crippen molar-refractivity contribution in [2.24, 2.45) is 0 Å². The fraction of sp³-hybridized carbons (Fsp3) is 0.513. The number of hydrogen-bond acceptors (Lipinski definition) is 6. The van der Waals surface area contributed by atoms with E-state index in [-0.39, 0.29) is 18.1 Å². The highest BCUT2D eigenvalue weighted by atomic mass is 35.5. The van der Waals surface area contributed by atoms with E-state index in [1.807, 2.05) is 19.1 Å². The van der Waals surface area contributed by atoms with Crippen molar-refractivity contribution in [3.63, 3.8) is 0 Å². The van der Waals surface area contributed by atoms with Crippen LogP contribution in [0.5, 0.6) is 17.2 Å². The van der Waals surface area contributed by atoms with Crippen LogP contribution in [0.4, 0.5) is 0 Å². The van der Waals surface area contributed by atoms with Crippen LogP contribution in [-0.4, -0.2) is 55.2 Å². The Bertz CT molecular complexity index is 1550. The van der Waals surface area contributed by atoms with Gasteiger partial charge in [0.1, 0.15) is 23.4 Å². The molecule has 2 fully saturated rings. The molecule has 0 saturated carbocycles. The van der Waals surface area contributed by atoms with Crippen molar-refractivity contribution in [2.45, 2.75) is 103 Å². The van der Waals surface area contributed by atoms with Crippen LogP contribution >= 0.6 is 11.6 Å². The number of fused-ring (bicyclic) bond motifs is 1. The maximum Gasteiger partial charge on any atom is 0.220 e. The van der Waals surface area contributed by atoms with E-state index in [2.05, 4.69) is 72.7 Å². The largest absolute Gasteiger partial charge is 0.493 e. The molecule has 2 heterocycles. The lowest BCUT2D eigenvalue weighted by Crippen LogP contribution is -2.35. The average molecular weight is 660 g/mol. The topological polar surface area (TPSA) is 72.1 Å². The van der Waals surface area contributed by atoms with Gasteiger partial charge in [0, 0.05) is 55.8 Å². The number of nitrogens with zero attached hydrogens (tertiary/aromatic N) is 1. The van der Waals surface area contributed by atoms with Gasteiger partial charge in [-0.1, -0.05) is 41.9 Å². The summed E-state index contributed by atoms with van der Waals surface area (Å²) in [5, 5.41) is 7.02. The quantitative estimate of drug-likeness (QED) is 0.172. The van der Waals surface area contributed by atoms with E-state index in [9.17, 15) is 4.79 Å². The van der Waals surface area contributed by atoms with Crippen molar-refractivity contribution < 1.29 is 19.0 Å². The Hall–Kier alpha value is -3.26. The number of carbonyl (C=O) groups is 1. The van der Waals surface area contributed by atoms with Crippen molar-refractivity contribution in [3.05, 3.63) is 75.8 Å². The van der Waals surface area contributed by atoms with Crippen LogP contribution in [0, 0.1) is 6.92 Å². The Labute approximate surface area is 285 Å². The minimum absolute atomic E-state index is 0.0954. The monoisotopic (exact) mass is 659 g/mol. The zero-order valence-corrected chi connectivity index (χ0v) is 29.1. The van der Waals surface area contributed by atoms with Crippen molar-refractivity contribution in [3.8, 4) is 28.4 Å². The lowest BCUT2D eigenvalue weighted by Gasteiger charge is -2.25. The molecule has 0 unspecified atom stereocenters. The number of rotatable bonds is 14. The number of ether oxygens (including phenoxy) is 3. The highest BCUT2D eigenvalue weighted by molar-refractivity contribution is 6.32. The van der Waals surface area contributed by atoms with Gasteiger partial charge in [-0.2, -0.15) is 0 Å². The third kappa shape index (κ3) is 7.74. The summed E-state index contributed by atoms with van der Waals surface area (Å²) in [4.78, 5) is 14.2. The predicted octanol–water partition coefficient (Wildman–Crippen LogP) is 7.79. The van der Waals surface area contributed by atoms with Gasteiger partial charge in [0.25, 0.3) is 0 Å². The average Bonchev–Trinajstić information content (AvgIpc) is 3.76. The van der Waals surface area contributed by atoms with Gasteiger partial charge in [-0.25, -0.2) is 0 Å². The van der Waals surface area contributed by atoms with E-state index in [0.717, 1.165) is 55.9 Å². The van der Waals surface area contributed by atoms with Crippen molar-refractivity contribution >= 4 is 17.5 Å². The lowest BCUT2D eigenvalue weighted by atomic mass is 9.93. The minimum Gasteiger partial charge on any atom is -0.493 e. The minimum atomic E-state index is -0.0954. The van der Waals surface area contributed by atoms with E-state index < -0.39 is 0 Å². The molecule has 1 amide bonds. The Morgan fingerprint density at radius 3 is 2.49 bits per heavy atom. The van der Waals surface area contributed by atoms with Gasteiger partial charge in [-0.05, 0) is 106 Å². The first kappa shape index (κ1) is 33.6. The van der Waals surface area contributed by atoms with E-state index in [4.69, 9.17) is 25.8 Å². The van der Waals surface area contributed by atoms with Gasteiger partial charge in [0.15, 0.2) is 0 Å². The lowest BCUT2D eigenvalue weighted by molar-refractivity contribution is -0.119. The van der Waals surface area contributed by atoms with Gasteiger partial charge < -0.3 is 24.8 Å². The summed E-state index contributed by atoms with van der Waals surface area (Å²) in [7, 11) is 0. The number of likely N-dealkylation sites (tertiary alicyclic amines) is 1. The second-order valence-electron chi connectivity index (χ2n) is 13.4. The Kier molecular flexibility index (Phi) is 11.0. The number of hydrogen-bond donors (Lipinski definition) is 2. The fourth-order valence-electron chi connectivity index (χ4n) is 7.63. The zero-order valence-electron chi connectivity index (χ0n) is 28.4. The molecule has 0 aromatic heterocycles. The molecule has 1 aliphatic carbocycles. The Balaban J connectivity index is 1.13. The number of halogens is 1. The first-order valence-electron chi connectivity index (χ1n) is 17.5. The van der Waals surface area contributed by atoms with Gasteiger partial charge in [-0.15, -0.1) is 0 Å². The van der Waals surface area contributed by atoms with E-state index in [0.29, 0.717) is 49.0 Å². The molecule has 2 saturated heterocycles. The molecule has 0 radical (unpaired) electrons. The summed E-state index contributed by atoms with van der Waals surface area (Å²) in [6.45, 7) is 12.5. The summed E-state index contributed by atoms with van der Waals surface area (Å²) >= 11 is 6.82. The molecule has 7 nitrogen and oxygen atoms in total. The maximum atomic E-state index is 11.5. The summed E-state index contributed by atoms with van der Waals surface area (Å²) < 4.78 is 19.0. The molecule has 8 heteroatoms. The standard InChI is InChI=1S/C39H50ClN3O4/c1-5-45-37-22-38(34(40)21-28(37)23-41-24-29-15-18-39(44)42-29)47-36-17-16-32-31(10-6-11-33(32)36)30-9-7-12-35(27(30)4)46-20-8-19-43-25(2)13-14-26(43)3/h6-7,9-12,21-22,25-26,29,36,41H,5,8,13-20,23-24H2,1-4H3,(H,42,44)/t25-,26-,29+,36+/m1/s1. The first-order valence-corrected chi connectivity index (χ1v) is 17.9. The van der Waals surface area contributed by atoms with Gasteiger partial charge >= 0.3 is 0 Å². The summed E-state index contributed by atoms with van der Waals surface area (Å²) in [6.07, 6.45) is 6.80. The predicted molar refractivity (Wildman–Crippen MR) is 189 cm³/mol. The highest BCUT2D eigenvalue weighted by Crippen LogP contribution is 2.44. The third-order valence-electron chi connectivity index (χ3n) is 10.2. The molecular weight excluding hydrogens is 610 g/mol. The molecule has 3 aromatic rings. The third-order valence-corrected chi connectivity index (χ3v) is 10.5. The van der Waals surface area contributed by atoms with Crippen LogP contribution in [0.2, 0.25) is 5.02 Å². The fourth-order valence-corrected chi connectivity index (χ4v) is 7.86. The van der Waals surface area contributed by atoms with E-state index in [1.165, 1.54) is 40.7 Å². The summed E-state index contributed by atoms with van der Waals surface area (Å²) in [5.74, 6) is 2.48. The van der Waals surface area contributed by atoms with E-state index in [1.54, 1.807) is 0 Å². The first-order chi connectivity index (χ1) is 22.8. The zero-order chi connectivity index (χ0) is 32.9. The number of amides is 1. The van der Waals surface area contributed by atoms with Gasteiger partial charge in [-0.3, -0.25) is 9.69 Å². The Morgan fingerprint density at radius 1 is 0.936 bits per heavy atom. The van der Waals surface area contributed by atoms with Crippen LogP contribution in [0.3, 0.4) is 0 Å². The second-order valence-corrected chi connectivity index (χ2v) is 13.8. The molecule has 4 atom stereocenters. The molecule has 0 spiro atoms. The second kappa shape index (κ2) is 15.3. The highest BCUT2D eigenvalue weighted by Gasteiger charge is 2.29. The molecule has 47 heavy (non-hydrogen) atoms. The number of benzene rings is 3. The van der Waals surface area contributed by atoms with Crippen molar-refractivity contribution in [2.75, 3.05) is 26.3 Å². The van der Waals surface area contributed by atoms with Gasteiger partial charge in [0.05, 0.1) is 18.2 Å². The summed E-state index contributed by atoms with van der Waals surface area (Å²) in [5.41, 5.74) is 7.15. The maximum absolute atomic E-state index is 11.5. The van der Waals surface area contributed by atoms with Crippen LogP contribution in [0.25, 0.3) is 11.1 Å². The smallest absolute Gasteiger partial charge is 0.220 e. The van der Waals surface area contributed by atoms with E-state index >= 15 is 0 Å². The number of nitrogens with one attached hydrogen (secondary N) is 2. The molecule has 2 N–H and O–H groups in total. The van der Waals surface area contributed by atoms with Crippen molar-refractivity contribution in [1.29, 1.82) is 0 Å². The summed E-state index contributed by atoms with van der Waals surface area (Å²) in [6, 6.07) is 18.3. The molecule has 3 aromatic carbocycles. The molecule has 3 aliphatic rings. The Morgan fingerprint density at radius 2 is 1.72 bits per heavy atom. The SMILES string of the molecule is CCOc1cc(O[C@H]2CCc3c(-c4cccc(OCCCN5[C@H](C)CC[C@H]5C)c4C)cccc32)c(Cl)cc1CNC[C@@H]1CCC(=O)N1. The van der Waals surface area contributed by atoms with Crippen LogP contribution in [0.1, 0.15) is 87.7 Å².